The molecule has 0 aromatic heterocycles. The van der Waals surface area contributed by atoms with Crippen LogP contribution in [0.3, 0.4) is 0 Å². The van der Waals surface area contributed by atoms with E-state index in [9.17, 15) is 4.79 Å². The number of nitrogens with one attached hydrogen (secondary N) is 2. The van der Waals surface area contributed by atoms with Crippen LogP contribution in [0.15, 0.2) is 48.5 Å². The summed E-state index contributed by atoms with van der Waals surface area (Å²) in [5.41, 5.74) is 8.29. The minimum atomic E-state index is -0.701. The third-order valence-corrected chi connectivity index (χ3v) is 3.44. The summed E-state index contributed by atoms with van der Waals surface area (Å²) < 4.78 is 16.0. The van der Waals surface area contributed by atoms with Gasteiger partial charge in [-0.3, -0.25) is 0 Å². The van der Waals surface area contributed by atoms with Crippen molar-refractivity contribution in [1.82, 2.24) is 5.43 Å². The van der Waals surface area contributed by atoms with Gasteiger partial charge >= 0.3 is 5.97 Å². The van der Waals surface area contributed by atoms with E-state index in [1.807, 2.05) is 49.4 Å². The molecular formula is C19H24N2O4. The number of hydrogen-bond acceptors (Lipinski definition) is 6. The Bertz CT molecular complexity index is 676. The highest BCUT2D eigenvalue weighted by atomic mass is 16.6. The highest BCUT2D eigenvalue weighted by molar-refractivity contribution is 5.74. The van der Waals surface area contributed by atoms with Crippen LogP contribution in [0.5, 0.6) is 11.5 Å². The van der Waals surface area contributed by atoms with Gasteiger partial charge in [0.15, 0.2) is 17.6 Å². The topological polar surface area (TPSA) is 68.8 Å². The molecule has 0 bridgehead atoms. The van der Waals surface area contributed by atoms with Crippen LogP contribution in [0.2, 0.25) is 0 Å². The first kappa shape index (κ1) is 18.6. The Morgan fingerprint density at radius 1 is 1.12 bits per heavy atom. The monoisotopic (exact) mass is 344 g/mol. The summed E-state index contributed by atoms with van der Waals surface area (Å²) in [4.78, 5) is 11.5. The zero-order valence-corrected chi connectivity index (χ0v) is 14.7. The van der Waals surface area contributed by atoms with Gasteiger partial charge in [0.25, 0.3) is 0 Å². The normalized spacial score (nSPS) is 11.5. The molecule has 6 nitrogen and oxygen atoms in total. The predicted octanol–water partition coefficient (Wildman–Crippen LogP) is 3.14. The maximum absolute atomic E-state index is 11.5. The van der Waals surface area contributed by atoms with E-state index in [1.54, 1.807) is 13.0 Å². The number of hydrazine groups is 1. The van der Waals surface area contributed by atoms with Crippen LogP contribution in [-0.2, 0) is 16.1 Å². The molecule has 0 aliphatic rings. The lowest BCUT2D eigenvalue weighted by Gasteiger charge is -2.17. The molecule has 0 aliphatic heterocycles. The van der Waals surface area contributed by atoms with E-state index >= 15 is 0 Å². The Hall–Kier alpha value is -2.73. The lowest BCUT2D eigenvalue weighted by Crippen LogP contribution is -2.25. The number of ether oxygens (including phenoxy) is 3. The molecule has 0 saturated carbocycles. The Labute approximate surface area is 148 Å². The number of carbonyl (C=O) groups is 1. The Morgan fingerprint density at radius 2 is 1.88 bits per heavy atom. The van der Waals surface area contributed by atoms with Crippen molar-refractivity contribution in [2.24, 2.45) is 0 Å². The molecule has 134 valence electrons. The summed E-state index contributed by atoms with van der Waals surface area (Å²) in [6.07, 6.45) is -0.701. The molecular weight excluding hydrogens is 320 g/mol. The average molecular weight is 344 g/mol. The first-order valence-electron chi connectivity index (χ1n) is 8.18. The fourth-order valence-electron chi connectivity index (χ4n) is 2.20. The minimum Gasteiger partial charge on any atom is -0.490 e. The SMILES string of the molecule is CCOc1cc(CNNc2ccccc2)ccc1OC(C)C(=O)OC. The second-order valence-corrected chi connectivity index (χ2v) is 5.34. The molecule has 2 aromatic carbocycles. The second kappa shape index (κ2) is 9.54. The second-order valence-electron chi connectivity index (χ2n) is 5.34. The zero-order chi connectivity index (χ0) is 18.1. The van der Waals surface area contributed by atoms with Gasteiger partial charge < -0.3 is 19.6 Å². The summed E-state index contributed by atoms with van der Waals surface area (Å²) in [6.45, 7) is 4.64. The summed E-state index contributed by atoms with van der Waals surface area (Å²) >= 11 is 0. The van der Waals surface area contributed by atoms with Crippen molar-refractivity contribution in [2.75, 3.05) is 19.1 Å². The number of benzene rings is 2. The van der Waals surface area contributed by atoms with E-state index in [4.69, 9.17) is 9.47 Å². The van der Waals surface area contributed by atoms with Crippen molar-refractivity contribution in [3.05, 3.63) is 54.1 Å². The highest BCUT2D eigenvalue weighted by Crippen LogP contribution is 2.29. The highest BCUT2D eigenvalue weighted by Gasteiger charge is 2.17. The molecule has 0 spiro atoms. The first-order chi connectivity index (χ1) is 12.1. The maximum atomic E-state index is 11.5. The van der Waals surface area contributed by atoms with Gasteiger partial charge in [-0.2, -0.15) is 0 Å². The van der Waals surface area contributed by atoms with Gasteiger partial charge in [0, 0.05) is 12.2 Å². The number of esters is 1. The smallest absolute Gasteiger partial charge is 0.346 e. The zero-order valence-electron chi connectivity index (χ0n) is 14.7. The van der Waals surface area contributed by atoms with Crippen LogP contribution in [-0.4, -0.2) is 25.8 Å². The van der Waals surface area contributed by atoms with Crippen LogP contribution >= 0.6 is 0 Å². The predicted molar refractivity (Wildman–Crippen MR) is 96.6 cm³/mol. The van der Waals surface area contributed by atoms with Crippen molar-refractivity contribution < 1.29 is 19.0 Å². The largest absolute Gasteiger partial charge is 0.490 e. The first-order valence-corrected chi connectivity index (χ1v) is 8.18. The fourth-order valence-corrected chi connectivity index (χ4v) is 2.20. The molecule has 0 saturated heterocycles. The van der Waals surface area contributed by atoms with Gasteiger partial charge in [-0.05, 0) is 43.7 Å². The Kier molecular flexibility index (Phi) is 7.10. The lowest BCUT2D eigenvalue weighted by atomic mass is 10.2. The molecule has 1 unspecified atom stereocenters. The lowest BCUT2D eigenvalue weighted by molar-refractivity contribution is -0.147. The molecule has 0 aliphatic carbocycles. The molecule has 0 radical (unpaired) electrons. The number of para-hydroxylation sites is 1. The van der Waals surface area contributed by atoms with E-state index in [0.29, 0.717) is 24.7 Å². The number of anilines is 1. The van der Waals surface area contributed by atoms with Crippen molar-refractivity contribution in [3.63, 3.8) is 0 Å². The Morgan fingerprint density at radius 3 is 2.56 bits per heavy atom. The van der Waals surface area contributed by atoms with Gasteiger partial charge in [-0.25, -0.2) is 10.2 Å². The number of carbonyl (C=O) groups excluding carboxylic acids is 1. The standard InChI is InChI=1S/C19H24N2O4/c1-4-24-18-12-15(13-20-21-16-8-6-5-7-9-16)10-11-17(18)25-14(2)19(22)23-3/h5-12,14,20-21H,4,13H2,1-3H3. The molecule has 2 N–H and O–H groups in total. The fraction of sp³-hybridized carbons (Fsp3) is 0.316. The van der Waals surface area contributed by atoms with E-state index in [0.717, 1.165) is 11.3 Å². The quantitative estimate of drug-likeness (QED) is 0.538. The van der Waals surface area contributed by atoms with Gasteiger partial charge in [-0.15, -0.1) is 0 Å². The van der Waals surface area contributed by atoms with E-state index in [-0.39, 0.29) is 0 Å². The average Bonchev–Trinajstić information content (AvgIpc) is 2.64. The summed E-state index contributed by atoms with van der Waals surface area (Å²) in [5.74, 6) is 0.678. The Balaban J connectivity index is 2.00. The molecule has 0 fully saturated rings. The van der Waals surface area contributed by atoms with Crippen LogP contribution in [0, 0.1) is 0 Å². The molecule has 1 atom stereocenters. The number of hydrogen-bond donors (Lipinski definition) is 2. The van der Waals surface area contributed by atoms with Crippen molar-refractivity contribution in [2.45, 2.75) is 26.5 Å². The number of rotatable bonds is 9. The van der Waals surface area contributed by atoms with Gasteiger partial charge in [0.2, 0.25) is 0 Å². The molecule has 6 heteroatoms. The number of methoxy groups -OCH3 is 1. The van der Waals surface area contributed by atoms with Gasteiger partial charge in [0.05, 0.1) is 13.7 Å². The third-order valence-electron chi connectivity index (χ3n) is 3.44. The summed E-state index contributed by atoms with van der Waals surface area (Å²) in [7, 11) is 1.33. The van der Waals surface area contributed by atoms with E-state index in [2.05, 4.69) is 15.6 Å². The van der Waals surface area contributed by atoms with E-state index in [1.165, 1.54) is 7.11 Å². The van der Waals surface area contributed by atoms with Crippen molar-refractivity contribution >= 4 is 11.7 Å². The van der Waals surface area contributed by atoms with Crippen LogP contribution in [0.4, 0.5) is 5.69 Å². The minimum absolute atomic E-state index is 0.430. The maximum Gasteiger partial charge on any atom is 0.346 e. The van der Waals surface area contributed by atoms with Crippen LogP contribution < -0.4 is 20.3 Å². The third kappa shape index (κ3) is 5.69. The van der Waals surface area contributed by atoms with Crippen LogP contribution in [0.1, 0.15) is 19.4 Å². The molecule has 2 aromatic rings. The van der Waals surface area contributed by atoms with Crippen molar-refractivity contribution in [1.29, 1.82) is 0 Å². The molecule has 0 heterocycles. The summed E-state index contributed by atoms with van der Waals surface area (Å²) in [5, 5.41) is 0. The molecule has 0 amide bonds. The van der Waals surface area contributed by atoms with Gasteiger partial charge in [-0.1, -0.05) is 24.3 Å². The summed E-state index contributed by atoms with van der Waals surface area (Å²) in [6, 6.07) is 15.5. The van der Waals surface area contributed by atoms with E-state index < -0.39 is 12.1 Å². The van der Waals surface area contributed by atoms with Crippen molar-refractivity contribution in [3.8, 4) is 11.5 Å². The van der Waals surface area contributed by atoms with Gasteiger partial charge in [0.1, 0.15) is 0 Å². The molecule has 25 heavy (non-hydrogen) atoms. The van der Waals surface area contributed by atoms with Crippen LogP contribution in [0.25, 0.3) is 0 Å². The molecule has 2 rings (SSSR count).